The summed E-state index contributed by atoms with van der Waals surface area (Å²) in [5.74, 6) is 0.0687. The van der Waals surface area contributed by atoms with Crippen molar-refractivity contribution in [3.63, 3.8) is 0 Å². The predicted octanol–water partition coefficient (Wildman–Crippen LogP) is 2.12. The number of rotatable bonds is 5. The normalized spacial score (nSPS) is 12.1. The molecule has 2 heteroatoms. The number of hydrogen-bond acceptors (Lipinski definition) is 2. The SMILES string of the molecule is C=C/C=C(\C=C)C[C@H](C)C=O.CO. The zero-order valence-corrected chi connectivity index (χ0v) is 8.36. The molecule has 74 valence electrons. The first kappa shape index (κ1) is 14.4. The maximum absolute atomic E-state index is 10.3. The molecule has 0 saturated carbocycles. The van der Waals surface area contributed by atoms with Gasteiger partial charge in [0.2, 0.25) is 0 Å². The van der Waals surface area contributed by atoms with Gasteiger partial charge >= 0.3 is 0 Å². The van der Waals surface area contributed by atoms with Crippen molar-refractivity contribution in [2.24, 2.45) is 5.92 Å². The summed E-state index contributed by atoms with van der Waals surface area (Å²) >= 11 is 0. The van der Waals surface area contributed by atoms with Gasteiger partial charge in [-0.25, -0.2) is 0 Å². The molecule has 0 aliphatic heterocycles. The van der Waals surface area contributed by atoms with Gasteiger partial charge < -0.3 is 9.90 Å². The molecule has 0 heterocycles. The van der Waals surface area contributed by atoms with Gasteiger partial charge in [-0.2, -0.15) is 0 Å². The van der Waals surface area contributed by atoms with E-state index < -0.39 is 0 Å². The molecule has 0 aromatic carbocycles. The number of aliphatic hydroxyl groups excluding tert-OH is 1. The number of aldehydes is 1. The van der Waals surface area contributed by atoms with Crippen LogP contribution in [0.15, 0.2) is 37.0 Å². The quantitative estimate of drug-likeness (QED) is 0.522. The highest BCUT2D eigenvalue weighted by molar-refractivity contribution is 5.53. The molecule has 0 bridgehead atoms. The second kappa shape index (κ2) is 10.8. The van der Waals surface area contributed by atoms with Gasteiger partial charge in [-0.15, -0.1) is 0 Å². The number of allylic oxidation sites excluding steroid dienone is 4. The highest BCUT2D eigenvalue weighted by Crippen LogP contribution is 2.09. The number of aliphatic hydroxyl groups is 1. The average Bonchev–Trinajstić information content (AvgIpc) is 2.20. The first-order chi connectivity index (χ1) is 6.24. The largest absolute Gasteiger partial charge is 0.400 e. The van der Waals surface area contributed by atoms with Crippen molar-refractivity contribution >= 4 is 6.29 Å². The lowest BCUT2D eigenvalue weighted by Gasteiger charge is -2.02. The van der Waals surface area contributed by atoms with Crippen LogP contribution >= 0.6 is 0 Å². The molecule has 0 radical (unpaired) electrons. The van der Waals surface area contributed by atoms with Crippen LogP contribution in [0.3, 0.4) is 0 Å². The lowest BCUT2D eigenvalue weighted by molar-refractivity contribution is -0.110. The summed E-state index contributed by atoms with van der Waals surface area (Å²) in [5.41, 5.74) is 1.06. The Labute approximate surface area is 80.3 Å². The van der Waals surface area contributed by atoms with Crippen molar-refractivity contribution in [3.05, 3.63) is 37.0 Å². The molecule has 0 aliphatic carbocycles. The number of carbonyl (C=O) groups is 1. The lowest BCUT2D eigenvalue weighted by Crippen LogP contribution is -1.95. The summed E-state index contributed by atoms with van der Waals surface area (Å²) in [7, 11) is 1.00. The van der Waals surface area contributed by atoms with Crippen molar-refractivity contribution in [3.8, 4) is 0 Å². The lowest BCUT2D eigenvalue weighted by atomic mass is 10.0. The van der Waals surface area contributed by atoms with Crippen LogP contribution in [-0.4, -0.2) is 18.5 Å². The smallest absolute Gasteiger partial charge is 0.123 e. The van der Waals surface area contributed by atoms with Crippen molar-refractivity contribution in [2.45, 2.75) is 13.3 Å². The fourth-order valence-electron chi connectivity index (χ4n) is 0.791. The first-order valence-electron chi connectivity index (χ1n) is 4.08. The highest BCUT2D eigenvalue weighted by atomic mass is 16.2. The molecule has 0 spiro atoms. The minimum absolute atomic E-state index is 0.0687. The second-order valence-corrected chi connectivity index (χ2v) is 2.50. The van der Waals surface area contributed by atoms with Crippen molar-refractivity contribution in [1.82, 2.24) is 0 Å². The molecule has 2 nitrogen and oxygen atoms in total. The van der Waals surface area contributed by atoms with Crippen LogP contribution in [0.2, 0.25) is 0 Å². The van der Waals surface area contributed by atoms with E-state index in [1.807, 2.05) is 13.0 Å². The van der Waals surface area contributed by atoms with Crippen molar-refractivity contribution in [1.29, 1.82) is 0 Å². The molecule has 0 rings (SSSR count). The minimum atomic E-state index is 0.0687. The molecule has 0 fully saturated rings. The summed E-state index contributed by atoms with van der Waals surface area (Å²) in [4.78, 5) is 10.3. The van der Waals surface area contributed by atoms with E-state index in [4.69, 9.17) is 5.11 Å². The third-order valence-electron chi connectivity index (χ3n) is 1.38. The molecule has 0 aromatic rings. The van der Waals surface area contributed by atoms with Crippen LogP contribution < -0.4 is 0 Å². The molecule has 0 aliphatic rings. The Morgan fingerprint density at radius 2 is 2.00 bits per heavy atom. The number of hydrogen-bond donors (Lipinski definition) is 1. The molecule has 0 unspecified atom stereocenters. The third kappa shape index (κ3) is 8.76. The molecular weight excluding hydrogens is 164 g/mol. The summed E-state index contributed by atoms with van der Waals surface area (Å²) in [6, 6.07) is 0. The van der Waals surface area contributed by atoms with Gasteiger partial charge in [-0.1, -0.05) is 38.3 Å². The predicted molar refractivity (Wildman–Crippen MR) is 56.5 cm³/mol. The van der Waals surface area contributed by atoms with Gasteiger partial charge in [0, 0.05) is 13.0 Å². The Morgan fingerprint density at radius 1 is 1.46 bits per heavy atom. The van der Waals surface area contributed by atoms with Crippen LogP contribution in [0.5, 0.6) is 0 Å². The number of carbonyl (C=O) groups excluding carboxylic acids is 1. The summed E-state index contributed by atoms with van der Waals surface area (Å²) in [6.07, 6.45) is 7.02. The van der Waals surface area contributed by atoms with E-state index in [-0.39, 0.29) is 5.92 Å². The van der Waals surface area contributed by atoms with Crippen molar-refractivity contribution in [2.75, 3.05) is 7.11 Å². The van der Waals surface area contributed by atoms with E-state index in [0.717, 1.165) is 25.4 Å². The van der Waals surface area contributed by atoms with E-state index in [2.05, 4.69) is 13.2 Å². The van der Waals surface area contributed by atoms with Gasteiger partial charge in [-0.3, -0.25) is 0 Å². The molecule has 0 amide bonds. The van der Waals surface area contributed by atoms with Crippen LogP contribution in [-0.2, 0) is 4.79 Å². The Bertz CT molecular complexity index is 181. The van der Waals surface area contributed by atoms with E-state index in [1.54, 1.807) is 12.2 Å². The topological polar surface area (TPSA) is 37.3 Å². The van der Waals surface area contributed by atoms with Gasteiger partial charge in [0.1, 0.15) is 6.29 Å². The maximum Gasteiger partial charge on any atom is 0.123 e. The summed E-state index contributed by atoms with van der Waals surface area (Å²) < 4.78 is 0. The molecule has 1 N–H and O–H groups in total. The first-order valence-corrected chi connectivity index (χ1v) is 4.08. The zero-order chi connectivity index (χ0) is 10.7. The maximum atomic E-state index is 10.3. The molecule has 1 atom stereocenters. The fraction of sp³-hybridized carbons (Fsp3) is 0.364. The Hall–Kier alpha value is -1.15. The fourth-order valence-corrected chi connectivity index (χ4v) is 0.791. The van der Waals surface area contributed by atoms with Gasteiger partial charge in [-0.05, 0) is 12.0 Å². The Balaban J connectivity index is 0. The van der Waals surface area contributed by atoms with E-state index in [1.165, 1.54) is 0 Å². The average molecular weight is 182 g/mol. The van der Waals surface area contributed by atoms with Gasteiger partial charge in [0.15, 0.2) is 0 Å². The summed E-state index contributed by atoms with van der Waals surface area (Å²) in [5, 5.41) is 7.00. The van der Waals surface area contributed by atoms with Crippen LogP contribution in [0.25, 0.3) is 0 Å². The molecular formula is C11H18O2. The standard InChI is InChI=1S/C10H14O.CH4O/c1-4-6-10(5-2)7-9(3)8-11;1-2/h4-6,8-9H,1-2,7H2,3H3;2H,1H3/b10-6+;/t9-;/m0./s1. The van der Waals surface area contributed by atoms with Crippen LogP contribution in [0.4, 0.5) is 0 Å². The molecule has 13 heavy (non-hydrogen) atoms. The van der Waals surface area contributed by atoms with E-state index >= 15 is 0 Å². The van der Waals surface area contributed by atoms with Gasteiger partial charge in [0.25, 0.3) is 0 Å². The third-order valence-corrected chi connectivity index (χ3v) is 1.38. The minimum Gasteiger partial charge on any atom is -0.400 e. The van der Waals surface area contributed by atoms with Crippen molar-refractivity contribution < 1.29 is 9.90 Å². The van der Waals surface area contributed by atoms with Crippen LogP contribution in [0.1, 0.15) is 13.3 Å². The van der Waals surface area contributed by atoms with E-state index in [9.17, 15) is 4.79 Å². The Kier molecular flexibility index (Phi) is 12.0. The highest BCUT2D eigenvalue weighted by Gasteiger charge is 1.99. The summed E-state index contributed by atoms with van der Waals surface area (Å²) in [6.45, 7) is 9.09. The Morgan fingerprint density at radius 3 is 2.31 bits per heavy atom. The van der Waals surface area contributed by atoms with Gasteiger partial charge in [0.05, 0.1) is 0 Å². The second-order valence-electron chi connectivity index (χ2n) is 2.50. The zero-order valence-electron chi connectivity index (χ0n) is 8.36. The van der Waals surface area contributed by atoms with Crippen LogP contribution in [0, 0.1) is 5.92 Å². The molecule has 0 aromatic heterocycles. The monoisotopic (exact) mass is 182 g/mol. The van der Waals surface area contributed by atoms with E-state index in [0.29, 0.717) is 0 Å². The molecule has 0 saturated heterocycles.